The third-order valence-corrected chi connectivity index (χ3v) is 4.31. The molecule has 0 unspecified atom stereocenters. The predicted molar refractivity (Wildman–Crippen MR) is 102 cm³/mol. The van der Waals surface area contributed by atoms with Crippen molar-refractivity contribution < 1.29 is 14.3 Å². The van der Waals surface area contributed by atoms with Crippen molar-refractivity contribution in [1.82, 2.24) is 4.98 Å². The van der Waals surface area contributed by atoms with Crippen LogP contribution in [0.4, 0.5) is 0 Å². The van der Waals surface area contributed by atoms with Crippen molar-refractivity contribution in [3.05, 3.63) is 82.6 Å². The molecule has 26 heavy (non-hydrogen) atoms. The van der Waals surface area contributed by atoms with Crippen molar-refractivity contribution in [2.45, 2.75) is 13.5 Å². The largest absolute Gasteiger partial charge is 0.486 e. The van der Waals surface area contributed by atoms with Gasteiger partial charge in [0.05, 0.1) is 12.8 Å². The van der Waals surface area contributed by atoms with Gasteiger partial charge in [-0.25, -0.2) is 4.79 Å². The third-order valence-electron chi connectivity index (χ3n) is 4.05. The van der Waals surface area contributed by atoms with Gasteiger partial charge in [-0.2, -0.15) is 0 Å². The summed E-state index contributed by atoms with van der Waals surface area (Å²) >= 11 is 5.97. The number of pyridine rings is 1. The second-order valence-electron chi connectivity index (χ2n) is 5.73. The molecule has 5 heteroatoms. The highest BCUT2D eigenvalue weighted by Crippen LogP contribution is 2.32. The van der Waals surface area contributed by atoms with Gasteiger partial charge in [0, 0.05) is 11.2 Å². The number of carbonyl (C=O) groups is 1. The van der Waals surface area contributed by atoms with Gasteiger partial charge in [0.2, 0.25) is 0 Å². The van der Waals surface area contributed by atoms with E-state index in [1.807, 2.05) is 43.3 Å². The molecule has 1 aromatic heterocycles. The molecule has 3 rings (SSSR count). The van der Waals surface area contributed by atoms with Gasteiger partial charge < -0.3 is 9.47 Å². The molecule has 0 N–H and O–H groups in total. The summed E-state index contributed by atoms with van der Waals surface area (Å²) < 4.78 is 10.9. The van der Waals surface area contributed by atoms with Crippen molar-refractivity contribution in [2.24, 2.45) is 0 Å². The van der Waals surface area contributed by atoms with E-state index in [0.29, 0.717) is 16.3 Å². The molecule has 0 atom stereocenters. The number of aryl methyl sites for hydroxylation is 1. The van der Waals surface area contributed by atoms with Crippen LogP contribution in [-0.2, 0) is 11.3 Å². The van der Waals surface area contributed by atoms with Crippen LogP contribution in [0.1, 0.15) is 21.6 Å². The Labute approximate surface area is 157 Å². The third kappa shape index (κ3) is 3.86. The number of halogens is 1. The van der Waals surface area contributed by atoms with E-state index < -0.39 is 5.97 Å². The molecule has 0 radical (unpaired) electrons. The number of ether oxygens (including phenoxy) is 2. The highest BCUT2D eigenvalue weighted by atomic mass is 35.5. The number of aromatic nitrogens is 1. The van der Waals surface area contributed by atoms with E-state index >= 15 is 0 Å². The maximum atomic E-state index is 12.4. The fraction of sp³-hybridized carbons (Fsp3) is 0.143. The van der Waals surface area contributed by atoms with Crippen LogP contribution < -0.4 is 4.74 Å². The summed E-state index contributed by atoms with van der Waals surface area (Å²) in [5.74, 6) is -0.00218. The fourth-order valence-corrected chi connectivity index (χ4v) is 2.78. The predicted octanol–water partition coefficient (Wildman–Crippen LogP) is 5.08. The standard InChI is InChI=1S/C21H18ClNO3/c1-14-5-4-12-23-18(14)13-26-19-7-3-6-17(20(19)21(24)25-2)15-8-10-16(22)11-9-15/h3-12H,13H2,1-2H3. The molecule has 0 amide bonds. The van der Waals surface area contributed by atoms with Crippen LogP contribution >= 0.6 is 11.6 Å². The smallest absolute Gasteiger partial charge is 0.342 e. The second kappa shape index (κ2) is 8.02. The SMILES string of the molecule is COC(=O)c1c(OCc2ncccc2C)cccc1-c1ccc(Cl)cc1. The lowest BCUT2D eigenvalue weighted by Crippen LogP contribution is -2.09. The number of esters is 1. The molecule has 0 aliphatic heterocycles. The van der Waals surface area contributed by atoms with Crippen molar-refractivity contribution in [3.8, 4) is 16.9 Å². The summed E-state index contributed by atoms with van der Waals surface area (Å²) in [6.45, 7) is 2.23. The summed E-state index contributed by atoms with van der Waals surface area (Å²) in [6.07, 6.45) is 1.72. The molecule has 3 aromatic rings. The molecule has 0 fully saturated rings. The number of carbonyl (C=O) groups excluding carboxylic acids is 1. The minimum atomic E-state index is -0.455. The number of benzene rings is 2. The van der Waals surface area contributed by atoms with E-state index in [-0.39, 0.29) is 6.61 Å². The second-order valence-corrected chi connectivity index (χ2v) is 6.17. The molecular formula is C21H18ClNO3. The molecule has 0 spiro atoms. The lowest BCUT2D eigenvalue weighted by molar-refractivity contribution is 0.0596. The number of hydrogen-bond acceptors (Lipinski definition) is 4. The van der Waals surface area contributed by atoms with Crippen LogP contribution in [-0.4, -0.2) is 18.1 Å². The Bertz CT molecular complexity index is 923. The molecule has 0 bridgehead atoms. The van der Waals surface area contributed by atoms with Gasteiger partial charge in [0.1, 0.15) is 17.9 Å². The zero-order valence-electron chi connectivity index (χ0n) is 14.5. The number of hydrogen-bond donors (Lipinski definition) is 0. The van der Waals surface area contributed by atoms with Crippen molar-refractivity contribution in [1.29, 1.82) is 0 Å². The molecule has 2 aromatic carbocycles. The zero-order chi connectivity index (χ0) is 18.5. The lowest BCUT2D eigenvalue weighted by Gasteiger charge is -2.15. The maximum absolute atomic E-state index is 12.4. The van der Waals surface area contributed by atoms with Crippen LogP contribution in [0, 0.1) is 6.92 Å². The van der Waals surface area contributed by atoms with E-state index in [2.05, 4.69) is 4.98 Å². The summed E-state index contributed by atoms with van der Waals surface area (Å²) in [7, 11) is 1.35. The average Bonchev–Trinajstić information content (AvgIpc) is 2.67. The number of methoxy groups -OCH3 is 1. The summed E-state index contributed by atoms with van der Waals surface area (Å²) in [4.78, 5) is 16.8. The van der Waals surface area contributed by atoms with Gasteiger partial charge in [0.25, 0.3) is 0 Å². The normalized spacial score (nSPS) is 10.4. The fourth-order valence-electron chi connectivity index (χ4n) is 2.65. The average molecular weight is 368 g/mol. The Balaban J connectivity index is 1.99. The van der Waals surface area contributed by atoms with E-state index in [4.69, 9.17) is 21.1 Å². The Kier molecular flexibility index (Phi) is 5.54. The van der Waals surface area contributed by atoms with Gasteiger partial charge in [0.15, 0.2) is 0 Å². The minimum absolute atomic E-state index is 0.265. The summed E-state index contributed by atoms with van der Waals surface area (Å²) in [6, 6.07) is 16.6. The van der Waals surface area contributed by atoms with Crippen molar-refractivity contribution in [2.75, 3.05) is 7.11 Å². The number of rotatable bonds is 5. The lowest BCUT2D eigenvalue weighted by atomic mass is 9.99. The van der Waals surface area contributed by atoms with Crippen LogP contribution in [0.2, 0.25) is 5.02 Å². The van der Waals surface area contributed by atoms with Gasteiger partial charge in [-0.15, -0.1) is 0 Å². The van der Waals surface area contributed by atoms with E-state index in [1.165, 1.54) is 7.11 Å². The topological polar surface area (TPSA) is 48.4 Å². The Morgan fingerprint density at radius 3 is 2.54 bits per heavy atom. The molecule has 0 saturated carbocycles. The van der Waals surface area contributed by atoms with Crippen molar-refractivity contribution in [3.63, 3.8) is 0 Å². The van der Waals surface area contributed by atoms with Crippen LogP contribution in [0.3, 0.4) is 0 Å². The number of nitrogens with zero attached hydrogens (tertiary/aromatic N) is 1. The van der Waals surface area contributed by atoms with E-state index in [9.17, 15) is 4.79 Å². The first-order valence-electron chi connectivity index (χ1n) is 8.10. The quantitative estimate of drug-likeness (QED) is 0.590. The van der Waals surface area contributed by atoms with Crippen molar-refractivity contribution >= 4 is 17.6 Å². The molecule has 0 saturated heterocycles. The Morgan fingerprint density at radius 2 is 1.85 bits per heavy atom. The first-order valence-corrected chi connectivity index (χ1v) is 8.48. The van der Waals surface area contributed by atoms with Gasteiger partial charge >= 0.3 is 5.97 Å². The molecule has 1 heterocycles. The molecule has 4 nitrogen and oxygen atoms in total. The Hall–Kier alpha value is -2.85. The van der Waals surface area contributed by atoms with Gasteiger partial charge in [-0.05, 0) is 47.9 Å². The highest BCUT2D eigenvalue weighted by molar-refractivity contribution is 6.30. The monoisotopic (exact) mass is 367 g/mol. The molecule has 0 aliphatic carbocycles. The maximum Gasteiger partial charge on any atom is 0.342 e. The Morgan fingerprint density at radius 1 is 1.08 bits per heavy atom. The first-order chi connectivity index (χ1) is 12.6. The van der Waals surface area contributed by atoms with Crippen LogP contribution in [0.25, 0.3) is 11.1 Å². The highest BCUT2D eigenvalue weighted by Gasteiger charge is 2.19. The van der Waals surface area contributed by atoms with E-state index in [1.54, 1.807) is 24.4 Å². The summed E-state index contributed by atoms with van der Waals surface area (Å²) in [5, 5.41) is 0.631. The minimum Gasteiger partial charge on any atom is -0.486 e. The molecule has 0 aliphatic rings. The molecular weight excluding hydrogens is 350 g/mol. The first kappa shape index (κ1) is 18.0. The molecule has 132 valence electrons. The summed E-state index contributed by atoms with van der Waals surface area (Å²) in [5.41, 5.74) is 3.81. The van der Waals surface area contributed by atoms with Crippen LogP contribution in [0.15, 0.2) is 60.8 Å². The van der Waals surface area contributed by atoms with Crippen LogP contribution in [0.5, 0.6) is 5.75 Å². The van der Waals surface area contributed by atoms with Gasteiger partial charge in [-0.1, -0.05) is 41.9 Å². The zero-order valence-corrected chi connectivity index (χ0v) is 15.3. The van der Waals surface area contributed by atoms with Gasteiger partial charge in [-0.3, -0.25) is 4.98 Å². The van der Waals surface area contributed by atoms with E-state index in [0.717, 1.165) is 22.4 Å².